The molecule has 1 spiro atoms. The van der Waals surface area contributed by atoms with Crippen molar-refractivity contribution in [2.75, 3.05) is 19.8 Å². The largest absolute Gasteiger partial charge is 0.378 e. The Balaban J connectivity index is 1.82. The molecule has 0 bridgehead atoms. The maximum absolute atomic E-state index is 6.02. The van der Waals surface area contributed by atoms with Crippen molar-refractivity contribution in [3.05, 3.63) is 32.7 Å². The lowest BCUT2D eigenvalue weighted by molar-refractivity contribution is -0.103. The molecule has 1 aromatic rings. The van der Waals surface area contributed by atoms with E-state index in [0.29, 0.717) is 12.5 Å². The molecule has 2 aliphatic rings. The second-order valence-corrected chi connectivity index (χ2v) is 7.77. The summed E-state index contributed by atoms with van der Waals surface area (Å²) < 4.78 is 13.7. The Morgan fingerprint density at radius 1 is 1.24 bits per heavy atom. The maximum atomic E-state index is 6.02. The Morgan fingerprint density at radius 2 is 2.00 bits per heavy atom. The summed E-state index contributed by atoms with van der Waals surface area (Å²) in [7, 11) is 0. The van der Waals surface area contributed by atoms with Crippen LogP contribution in [0.25, 0.3) is 0 Å². The van der Waals surface area contributed by atoms with Crippen LogP contribution in [0.5, 0.6) is 0 Å². The molecule has 6 heteroatoms. The van der Waals surface area contributed by atoms with Crippen LogP contribution in [0.1, 0.15) is 30.9 Å². The molecule has 4 nitrogen and oxygen atoms in total. The second kappa shape index (κ2) is 6.64. The first-order valence-corrected chi connectivity index (χ1v) is 8.84. The van der Waals surface area contributed by atoms with Crippen molar-refractivity contribution in [3.63, 3.8) is 0 Å². The molecule has 0 saturated carbocycles. The predicted octanol–water partition coefficient (Wildman–Crippen LogP) is 3.30. The van der Waals surface area contributed by atoms with Crippen LogP contribution in [0.15, 0.2) is 27.1 Å². The minimum atomic E-state index is -0.0960. The van der Waals surface area contributed by atoms with Gasteiger partial charge in [-0.3, -0.25) is 11.3 Å². The molecule has 3 rings (SSSR count). The molecule has 2 saturated heterocycles. The summed E-state index contributed by atoms with van der Waals surface area (Å²) in [6.07, 6.45) is 3.00. The molecule has 1 aromatic carbocycles. The van der Waals surface area contributed by atoms with Crippen LogP contribution in [0.2, 0.25) is 0 Å². The SMILES string of the molecule is NNC(c1cc(Br)cc(Br)c1)C1CCOC2(CCOC2)C1. The van der Waals surface area contributed by atoms with E-state index in [1.165, 1.54) is 5.56 Å². The monoisotopic (exact) mass is 418 g/mol. The lowest BCUT2D eigenvalue weighted by atomic mass is 9.79. The van der Waals surface area contributed by atoms with Gasteiger partial charge in [0.1, 0.15) is 0 Å². The van der Waals surface area contributed by atoms with Crippen molar-refractivity contribution in [2.45, 2.75) is 30.9 Å². The lowest BCUT2D eigenvalue weighted by Gasteiger charge is -2.40. The Bertz CT molecular complexity index is 486. The highest BCUT2D eigenvalue weighted by atomic mass is 79.9. The summed E-state index contributed by atoms with van der Waals surface area (Å²) in [4.78, 5) is 0. The van der Waals surface area contributed by atoms with Gasteiger partial charge in [-0.1, -0.05) is 31.9 Å². The highest BCUT2D eigenvalue weighted by molar-refractivity contribution is 9.11. The number of nitrogens with two attached hydrogens (primary N) is 1. The van der Waals surface area contributed by atoms with Gasteiger partial charge in [0.25, 0.3) is 0 Å². The van der Waals surface area contributed by atoms with Gasteiger partial charge < -0.3 is 9.47 Å². The Morgan fingerprint density at radius 3 is 2.62 bits per heavy atom. The fraction of sp³-hybridized carbons (Fsp3) is 0.600. The molecule has 3 atom stereocenters. The molecule has 2 aliphatic heterocycles. The number of ether oxygens (including phenoxy) is 2. The fourth-order valence-electron chi connectivity index (χ4n) is 3.47. The van der Waals surface area contributed by atoms with E-state index in [1.807, 2.05) is 6.07 Å². The quantitative estimate of drug-likeness (QED) is 0.582. The van der Waals surface area contributed by atoms with E-state index in [0.717, 1.165) is 41.4 Å². The van der Waals surface area contributed by atoms with Crippen LogP contribution in [-0.4, -0.2) is 25.4 Å². The average Bonchev–Trinajstić information content (AvgIpc) is 2.86. The molecule has 21 heavy (non-hydrogen) atoms. The molecule has 116 valence electrons. The first-order chi connectivity index (χ1) is 10.1. The number of nitrogens with one attached hydrogen (secondary N) is 1. The molecular weight excluding hydrogens is 400 g/mol. The van der Waals surface area contributed by atoms with Gasteiger partial charge in [0.15, 0.2) is 0 Å². The minimum Gasteiger partial charge on any atom is -0.378 e. The van der Waals surface area contributed by atoms with Crippen molar-refractivity contribution in [2.24, 2.45) is 11.8 Å². The molecule has 2 fully saturated rings. The summed E-state index contributed by atoms with van der Waals surface area (Å²) in [5, 5.41) is 0. The van der Waals surface area contributed by atoms with Crippen molar-refractivity contribution < 1.29 is 9.47 Å². The average molecular weight is 420 g/mol. The van der Waals surface area contributed by atoms with Gasteiger partial charge >= 0.3 is 0 Å². The van der Waals surface area contributed by atoms with E-state index in [-0.39, 0.29) is 11.6 Å². The van der Waals surface area contributed by atoms with Crippen molar-refractivity contribution in [1.82, 2.24) is 5.43 Å². The number of hydrazine groups is 1. The third-order valence-electron chi connectivity index (χ3n) is 4.49. The molecule has 3 unspecified atom stereocenters. The molecule has 0 radical (unpaired) electrons. The van der Waals surface area contributed by atoms with Gasteiger partial charge in [0.05, 0.1) is 12.2 Å². The van der Waals surface area contributed by atoms with E-state index in [9.17, 15) is 0 Å². The molecular formula is C15H20Br2N2O2. The molecule has 3 N–H and O–H groups in total. The normalized spacial score (nSPS) is 30.7. The zero-order valence-electron chi connectivity index (χ0n) is 11.8. The summed E-state index contributed by atoms with van der Waals surface area (Å²) in [5.41, 5.74) is 4.11. The first kappa shape index (κ1) is 15.9. The van der Waals surface area contributed by atoms with Crippen LogP contribution in [0, 0.1) is 5.92 Å². The van der Waals surface area contributed by atoms with E-state index in [1.54, 1.807) is 0 Å². The van der Waals surface area contributed by atoms with Crippen molar-refractivity contribution >= 4 is 31.9 Å². The smallest absolute Gasteiger partial charge is 0.0940 e. The van der Waals surface area contributed by atoms with Gasteiger partial charge in [0.2, 0.25) is 0 Å². The van der Waals surface area contributed by atoms with Crippen LogP contribution in [-0.2, 0) is 9.47 Å². The Labute approximate surface area is 142 Å². The Hall–Kier alpha value is 0.0200. The topological polar surface area (TPSA) is 56.5 Å². The lowest BCUT2D eigenvalue weighted by Crippen LogP contribution is -2.45. The summed E-state index contributed by atoms with van der Waals surface area (Å²) in [6.45, 7) is 2.29. The van der Waals surface area contributed by atoms with E-state index in [4.69, 9.17) is 15.3 Å². The highest BCUT2D eigenvalue weighted by Crippen LogP contribution is 2.41. The fourth-order valence-corrected chi connectivity index (χ4v) is 4.80. The predicted molar refractivity (Wildman–Crippen MR) is 88.7 cm³/mol. The standard InChI is InChI=1S/C15H20Br2N2O2/c16-12-5-11(6-13(17)7-12)14(19-18)10-1-3-21-15(8-10)2-4-20-9-15/h5-7,10,14,19H,1-4,8-9,18H2. The van der Waals surface area contributed by atoms with Crippen LogP contribution >= 0.6 is 31.9 Å². The first-order valence-electron chi connectivity index (χ1n) is 7.26. The van der Waals surface area contributed by atoms with Crippen LogP contribution in [0.4, 0.5) is 0 Å². The van der Waals surface area contributed by atoms with Gasteiger partial charge in [-0.2, -0.15) is 0 Å². The van der Waals surface area contributed by atoms with E-state index >= 15 is 0 Å². The molecule has 0 aliphatic carbocycles. The van der Waals surface area contributed by atoms with Gasteiger partial charge in [-0.15, -0.1) is 0 Å². The van der Waals surface area contributed by atoms with Gasteiger partial charge in [-0.05, 0) is 42.5 Å². The zero-order chi connectivity index (χ0) is 14.9. The maximum Gasteiger partial charge on any atom is 0.0940 e. The Kier molecular flexibility index (Phi) is 5.03. The number of hydrogen-bond acceptors (Lipinski definition) is 4. The minimum absolute atomic E-state index is 0.0960. The summed E-state index contributed by atoms with van der Waals surface area (Å²) in [5.74, 6) is 6.32. The third-order valence-corrected chi connectivity index (χ3v) is 5.41. The zero-order valence-corrected chi connectivity index (χ0v) is 15.0. The van der Waals surface area contributed by atoms with Crippen LogP contribution < -0.4 is 11.3 Å². The highest BCUT2D eigenvalue weighted by Gasteiger charge is 2.43. The van der Waals surface area contributed by atoms with Crippen molar-refractivity contribution in [3.8, 4) is 0 Å². The molecule has 0 amide bonds. The number of hydrogen-bond donors (Lipinski definition) is 2. The molecule has 2 heterocycles. The third kappa shape index (κ3) is 3.51. The second-order valence-electron chi connectivity index (χ2n) is 5.93. The summed E-state index contributed by atoms with van der Waals surface area (Å²) in [6, 6.07) is 6.42. The van der Waals surface area contributed by atoms with Gasteiger partial charge in [-0.25, -0.2) is 0 Å². The number of rotatable bonds is 3. The van der Waals surface area contributed by atoms with Crippen molar-refractivity contribution in [1.29, 1.82) is 0 Å². The van der Waals surface area contributed by atoms with E-state index in [2.05, 4.69) is 49.4 Å². The van der Waals surface area contributed by atoms with Crippen LogP contribution in [0.3, 0.4) is 0 Å². The van der Waals surface area contributed by atoms with Gasteiger partial charge in [0, 0.05) is 34.6 Å². The molecule has 0 aromatic heterocycles. The van der Waals surface area contributed by atoms with E-state index < -0.39 is 0 Å². The summed E-state index contributed by atoms with van der Waals surface area (Å²) >= 11 is 7.10. The number of benzene rings is 1. The number of halogens is 2.